The van der Waals surface area contributed by atoms with Gasteiger partial charge in [-0.25, -0.2) is 13.8 Å². The fourth-order valence-corrected chi connectivity index (χ4v) is 3.89. The van der Waals surface area contributed by atoms with Gasteiger partial charge in [0.15, 0.2) is 0 Å². The highest BCUT2D eigenvalue weighted by atomic mass is 35.5. The molecule has 0 amide bonds. The number of aromatic nitrogens is 1. The molecule has 0 N–H and O–H groups in total. The highest BCUT2D eigenvalue weighted by molar-refractivity contribution is 6.29. The van der Waals surface area contributed by atoms with Gasteiger partial charge in [0, 0.05) is 29.7 Å². The van der Waals surface area contributed by atoms with Crippen molar-refractivity contribution >= 4 is 23.0 Å². The predicted molar refractivity (Wildman–Crippen MR) is 82.4 cm³/mol. The number of hydrogen-bond acceptors (Lipinski definition) is 3. The lowest BCUT2D eigenvalue weighted by atomic mass is 9.97. The molecule has 3 nitrogen and oxygen atoms in total. The second-order valence-electron chi connectivity index (χ2n) is 6.37. The number of aliphatic imine (C=N–C) groups is 1. The number of halogens is 3. The van der Waals surface area contributed by atoms with Crippen LogP contribution < -0.4 is 4.90 Å². The normalized spacial score (nSPS) is 35.3. The summed E-state index contributed by atoms with van der Waals surface area (Å²) in [4.78, 5) is 10.8. The van der Waals surface area contributed by atoms with E-state index in [0.717, 1.165) is 11.4 Å². The molecule has 3 atom stereocenters. The van der Waals surface area contributed by atoms with E-state index in [-0.39, 0.29) is 12.1 Å². The zero-order valence-electron chi connectivity index (χ0n) is 12.1. The topological polar surface area (TPSA) is 28.5 Å². The smallest absolute Gasteiger partial charge is 0.254 e. The summed E-state index contributed by atoms with van der Waals surface area (Å²) in [6.45, 7) is 1.94. The molecule has 3 aliphatic rings. The molecule has 0 aromatic carbocycles. The maximum Gasteiger partial charge on any atom is 0.254 e. The highest BCUT2D eigenvalue weighted by Gasteiger charge is 2.72. The maximum absolute atomic E-state index is 13.4. The van der Waals surface area contributed by atoms with Gasteiger partial charge >= 0.3 is 0 Å². The molecule has 0 radical (unpaired) electrons. The van der Waals surface area contributed by atoms with Crippen LogP contribution in [0.5, 0.6) is 0 Å². The van der Waals surface area contributed by atoms with Crippen molar-refractivity contribution in [3.8, 4) is 0 Å². The van der Waals surface area contributed by atoms with Crippen LogP contribution in [0.3, 0.4) is 0 Å². The first-order chi connectivity index (χ1) is 10.5. The Hall–Kier alpha value is -1.49. The average molecular weight is 324 g/mol. The van der Waals surface area contributed by atoms with Gasteiger partial charge in [-0.1, -0.05) is 11.6 Å². The molecule has 1 aliphatic heterocycles. The number of pyridine rings is 1. The quantitative estimate of drug-likeness (QED) is 0.765. The molecule has 0 spiro atoms. The molecular formula is C16H16ClF2N3. The van der Waals surface area contributed by atoms with E-state index in [1.54, 1.807) is 12.3 Å². The van der Waals surface area contributed by atoms with Crippen molar-refractivity contribution < 1.29 is 8.78 Å². The van der Waals surface area contributed by atoms with E-state index in [9.17, 15) is 8.78 Å². The minimum Gasteiger partial charge on any atom is -0.324 e. The molecule has 22 heavy (non-hydrogen) atoms. The van der Waals surface area contributed by atoms with Crippen molar-refractivity contribution in [2.45, 2.75) is 31.9 Å². The van der Waals surface area contributed by atoms with Gasteiger partial charge in [-0.15, -0.1) is 0 Å². The summed E-state index contributed by atoms with van der Waals surface area (Å²) in [7, 11) is 0. The van der Waals surface area contributed by atoms with Gasteiger partial charge in [-0.3, -0.25) is 4.99 Å². The lowest BCUT2D eigenvalue weighted by Gasteiger charge is -2.35. The molecule has 1 aromatic heterocycles. The van der Waals surface area contributed by atoms with Crippen LogP contribution in [-0.2, 0) is 0 Å². The average Bonchev–Trinajstić information content (AvgIpc) is 2.87. The van der Waals surface area contributed by atoms with E-state index in [2.05, 4.69) is 4.98 Å². The monoisotopic (exact) mass is 323 g/mol. The number of fused-ring (bicyclic) bond motifs is 1. The van der Waals surface area contributed by atoms with Gasteiger partial charge in [0.05, 0.1) is 11.9 Å². The number of nitrogens with zero attached hydrogens (tertiary/aromatic N) is 3. The van der Waals surface area contributed by atoms with E-state index in [4.69, 9.17) is 16.6 Å². The van der Waals surface area contributed by atoms with Crippen LogP contribution in [-0.4, -0.2) is 22.8 Å². The van der Waals surface area contributed by atoms with Gasteiger partial charge in [0.2, 0.25) is 0 Å². The molecule has 6 heteroatoms. The van der Waals surface area contributed by atoms with Crippen molar-refractivity contribution in [1.29, 1.82) is 0 Å². The summed E-state index contributed by atoms with van der Waals surface area (Å²) in [5.74, 6) is -3.16. The van der Waals surface area contributed by atoms with Gasteiger partial charge < -0.3 is 4.90 Å². The third-order valence-electron chi connectivity index (χ3n) is 5.01. The number of rotatable bonds is 2. The second-order valence-corrected chi connectivity index (χ2v) is 6.75. The van der Waals surface area contributed by atoms with Crippen LogP contribution in [0, 0.1) is 17.8 Å². The summed E-state index contributed by atoms with van der Waals surface area (Å²) in [6, 6.07) is 3.61. The summed E-state index contributed by atoms with van der Waals surface area (Å²) in [6.07, 6.45) is 6.54. The van der Waals surface area contributed by atoms with Crippen molar-refractivity contribution in [2.24, 2.45) is 22.7 Å². The van der Waals surface area contributed by atoms with E-state index < -0.39 is 17.8 Å². The lowest BCUT2D eigenvalue weighted by molar-refractivity contribution is 0.0614. The third-order valence-corrected chi connectivity index (χ3v) is 5.23. The van der Waals surface area contributed by atoms with Gasteiger partial charge in [-0.05, 0) is 38.0 Å². The Morgan fingerprint density at radius 3 is 2.64 bits per heavy atom. The summed E-state index contributed by atoms with van der Waals surface area (Å²) in [5, 5.41) is 0.433. The lowest BCUT2D eigenvalue weighted by Crippen LogP contribution is -2.38. The summed E-state index contributed by atoms with van der Waals surface area (Å²) < 4.78 is 26.9. The van der Waals surface area contributed by atoms with Gasteiger partial charge in [0.1, 0.15) is 11.3 Å². The van der Waals surface area contributed by atoms with E-state index >= 15 is 0 Å². The van der Waals surface area contributed by atoms with E-state index in [1.165, 1.54) is 0 Å². The Labute approximate surface area is 132 Å². The predicted octanol–water partition coefficient (Wildman–Crippen LogP) is 4.15. The van der Waals surface area contributed by atoms with E-state index in [0.29, 0.717) is 18.0 Å². The second kappa shape index (κ2) is 4.75. The molecular weight excluding hydrogens is 308 g/mol. The molecule has 116 valence electrons. The maximum atomic E-state index is 13.4. The number of hydrogen-bond donors (Lipinski definition) is 0. The van der Waals surface area contributed by atoms with Gasteiger partial charge in [0.25, 0.3) is 5.92 Å². The SMILES string of the molecule is CC1=NC(C2CC3C(C2)C3(F)F)N(c2ccc(Cl)nc2)C=C1. The van der Waals surface area contributed by atoms with Crippen molar-refractivity contribution in [2.75, 3.05) is 4.90 Å². The minimum atomic E-state index is -2.44. The molecule has 4 rings (SSSR count). The molecule has 3 unspecified atom stereocenters. The Morgan fingerprint density at radius 1 is 1.27 bits per heavy atom. The zero-order chi connectivity index (χ0) is 15.5. The first-order valence-corrected chi connectivity index (χ1v) is 7.85. The van der Waals surface area contributed by atoms with Gasteiger partial charge in [-0.2, -0.15) is 0 Å². The number of alkyl halides is 2. The standard InChI is InChI=1S/C16H16ClF2N3/c1-9-4-5-22(11-2-3-14(17)20-8-11)15(21-9)10-6-12-13(7-10)16(12,18)19/h2-5,8,10,12-13,15H,6-7H2,1H3. The molecule has 2 saturated carbocycles. The van der Waals surface area contributed by atoms with Crippen molar-refractivity contribution in [3.05, 3.63) is 35.8 Å². The Balaban J connectivity index is 1.58. The summed E-state index contributed by atoms with van der Waals surface area (Å²) in [5.41, 5.74) is 1.81. The molecule has 2 aliphatic carbocycles. The Kier molecular flexibility index (Phi) is 3.05. The van der Waals surface area contributed by atoms with Crippen LogP contribution in [0.25, 0.3) is 0 Å². The fourth-order valence-electron chi connectivity index (χ4n) is 3.78. The molecule has 0 bridgehead atoms. The largest absolute Gasteiger partial charge is 0.324 e. The Bertz CT molecular complexity index is 642. The van der Waals surface area contributed by atoms with Crippen LogP contribution in [0.4, 0.5) is 14.5 Å². The fraction of sp³-hybridized carbons (Fsp3) is 0.500. The number of allylic oxidation sites excluding steroid dienone is 1. The summed E-state index contributed by atoms with van der Waals surface area (Å²) >= 11 is 5.84. The molecule has 2 heterocycles. The molecule has 0 saturated heterocycles. The minimum absolute atomic E-state index is 0.128. The van der Waals surface area contributed by atoms with Crippen LogP contribution in [0.1, 0.15) is 19.8 Å². The third kappa shape index (κ3) is 2.14. The first-order valence-electron chi connectivity index (χ1n) is 7.47. The Morgan fingerprint density at radius 2 is 2.00 bits per heavy atom. The molecule has 1 aromatic rings. The van der Waals surface area contributed by atoms with E-state index in [1.807, 2.05) is 30.2 Å². The van der Waals surface area contributed by atoms with Crippen LogP contribution in [0.2, 0.25) is 5.15 Å². The van der Waals surface area contributed by atoms with Crippen molar-refractivity contribution in [1.82, 2.24) is 4.98 Å². The highest BCUT2D eigenvalue weighted by Crippen LogP contribution is 2.66. The van der Waals surface area contributed by atoms with Crippen LogP contribution in [0.15, 0.2) is 35.6 Å². The zero-order valence-corrected chi connectivity index (χ0v) is 12.8. The number of anilines is 1. The first kappa shape index (κ1) is 14.1. The van der Waals surface area contributed by atoms with Crippen molar-refractivity contribution in [3.63, 3.8) is 0 Å². The van der Waals surface area contributed by atoms with Crippen LogP contribution >= 0.6 is 11.6 Å². The molecule has 2 fully saturated rings.